The van der Waals surface area contributed by atoms with Crippen LogP contribution in [0.4, 0.5) is 8.78 Å². The molecule has 0 unspecified atom stereocenters. The van der Waals surface area contributed by atoms with Crippen molar-refractivity contribution in [1.29, 1.82) is 0 Å². The van der Waals surface area contributed by atoms with Crippen molar-refractivity contribution in [3.8, 4) is 0 Å². The fourth-order valence-electron chi connectivity index (χ4n) is 2.18. The fraction of sp³-hybridized carbons (Fsp3) is 0.143. The summed E-state index contributed by atoms with van der Waals surface area (Å²) in [4.78, 5) is 16.5. The Kier molecular flexibility index (Phi) is 2.85. The van der Waals surface area contributed by atoms with E-state index in [9.17, 15) is 13.6 Å². The summed E-state index contributed by atoms with van der Waals surface area (Å²) in [5.74, 6) is -1.85. The van der Waals surface area contributed by atoms with Gasteiger partial charge in [0.15, 0.2) is 17.3 Å². The minimum absolute atomic E-state index is 0.00319. The third kappa shape index (κ3) is 1.89. The number of hydrogen-bond donors (Lipinski definition) is 1. The Morgan fingerprint density at radius 1 is 1.30 bits per heavy atom. The Morgan fingerprint density at radius 3 is 2.90 bits per heavy atom. The largest absolute Gasteiger partial charge is 0.297 e. The highest BCUT2D eigenvalue weighted by Crippen LogP contribution is 2.16. The minimum atomic E-state index is -0.928. The second kappa shape index (κ2) is 4.56. The smallest absolute Gasteiger partial charge is 0.276 e. The summed E-state index contributed by atoms with van der Waals surface area (Å²) in [6, 6.07) is 5.59. The van der Waals surface area contributed by atoms with Gasteiger partial charge in [0.1, 0.15) is 0 Å². The van der Waals surface area contributed by atoms with E-state index in [1.54, 1.807) is 19.2 Å². The van der Waals surface area contributed by atoms with Crippen LogP contribution >= 0.6 is 0 Å². The van der Waals surface area contributed by atoms with Crippen LogP contribution < -0.4 is 5.56 Å². The van der Waals surface area contributed by atoms with Crippen molar-refractivity contribution < 1.29 is 8.78 Å². The highest BCUT2D eigenvalue weighted by atomic mass is 19.2. The molecule has 0 saturated carbocycles. The van der Waals surface area contributed by atoms with Crippen LogP contribution in [0, 0.1) is 18.6 Å². The maximum atomic E-state index is 13.7. The summed E-state index contributed by atoms with van der Waals surface area (Å²) in [6.07, 6.45) is 1.60. The number of nitrogens with zero attached hydrogens (tertiary/aromatic N) is 2. The maximum Gasteiger partial charge on any atom is 0.276 e. The first-order chi connectivity index (χ1) is 9.58. The van der Waals surface area contributed by atoms with Crippen molar-refractivity contribution in [1.82, 2.24) is 14.6 Å². The molecule has 0 fully saturated rings. The van der Waals surface area contributed by atoms with Gasteiger partial charge in [0.2, 0.25) is 0 Å². The molecular weight excluding hydrogens is 264 g/mol. The number of fused-ring (bicyclic) bond motifs is 1. The maximum absolute atomic E-state index is 13.7. The average molecular weight is 275 g/mol. The van der Waals surface area contributed by atoms with Crippen LogP contribution in [0.5, 0.6) is 0 Å². The molecule has 0 aliphatic rings. The molecular formula is C14H11F2N3O. The van der Waals surface area contributed by atoms with E-state index in [1.165, 1.54) is 16.6 Å². The number of aromatic nitrogens is 3. The fourth-order valence-corrected chi connectivity index (χ4v) is 2.18. The summed E-state index contributed by atoms with van der Waals surface area (Å²) in [7, 11) is 0. The molecule has 0 aliphatic heterocycles. The molecule has 20 heavy (non-hydrogen) atoms. The molecule has 0 aliphatic carbocycles. The van der Waals surface area contributed by atoms with Crippen molar-refractivity contribution in [3.63, 3.8) is 0 Å². The highest BCUT2D eigenvalue weighted by molar-refractivity contribution is 5.40. The summed E-state index contributed by atoms with van der Waals surface area (Å²) in [5.41, 5.74) is 1.18. The molecule has 2 aromatic heterocycles. The van der Waals surface area contributed by atoms with Crippen molar-refractivity contribution in [2.45, 2.75) is 13.3 Å². The Bertz CT molecular complexity index is 851. The summed E-state index contributed by atoms with van der Waals surface area (Å²) in [6.45, 7) is 1.68. The number of nitrogens with one attached hydrogen (secondary N) is 1. The first kappa shape index (κ1) is 12.5. The predicted molar refractivity (Wildman–Crippen MR) is 69.7 cm³/mol. The first-order valence-electron chi connectivity index (χ1n) is 6.06. The van der Waals surface area contributed by atoms with Crippen LogP contribution in [0.1, 0.15) is 16.8 Å². The normalized spacial score (nSPS) is 11.2. The molecule has 0 amide bonds. The van der Waals surface area contributed by atoms with E-state index in [2.05, 4.69) is 10.1 Å². The lowest BCUT2D eigenvalue weighted by molar-refractivity contribution is 0.500. The van der Waals surface area contributed by atoms with E-state index in [0.717, 1.165) is 6.07 Å². The summed E-state index contributed by atoms with van der Waals surface area (Å²) in [5, 5.41) is 2.74. The van der Waals surface area contributed by atoms with Gasteiger partial charge in [-0.05, 0) is 18.6 Å². The second-order valence-electron chi connectivity index (χ2n) is 4.53. The topological polar surface area (TPSA) is 50.2 Å². The molecule has 0 atom stereocenters. The average Bonchev–Trinajstić information content (AvgIpc) is 2.87. The predicted octanol–water partition coefficient (Wildman–Crippen LogP) is 2.20. The molecule has 2 heterocycles. The Hall–Kier alpha value is -2.50. The van der Waals surface area contributed by atoms with Gasteiger partial charge in [0.05, 0.1) is 0 Å². The van der Waals surface area contributed by atoms with Gasteiger partial charge in [-0.2, -0.15) is 0 Å². The SMILES string of the molecule is Cc1nc2cc[nH]n2c(=O)c1Cc1cccc(F)c1F. The molecule has 1 N–H and O–H groups in total. The Balaban J connectivity index is 2.15. The zero-order valence-corrected chi connectivity index (χ0v) is 10.7. The van der Waals surface area contributed by atoms with Gasteiger partial charge in [-0.1, -0.05) is 12.1 Å². The van der Waals surface area contributed by atoms with Crippen LogP contribution in [0.25, 0.3) is 5.65 Å². The summed E-state index contributed by atoms with van der Waals surface area (Å²) < 4.78 is 28.2. The molecule has 4 nitrogen and oxygen atoms in total. The minimum Gasteiger partial charge on any atom is -0.297 e. The van der Waals surface area contributed by atoms with Gasteiger partial charge in [-0.3, -0.25) is 9.89 Å². The number of benzene rings is 1. The van der Waals surface area contributed by atoms with E-state index < -0.39 is 11.6 Å². The highest BCUT2D eigenvalue weighted by Gasteiger charge is 2.14. The zero-order chi connectivity index (χ0) is 14.3. The number of aryl methyl sites for hydroxylation is 1. The molecule has 3 rings (SSSR count). The van der Waals surface area contributed by atoms with Crippen LogP contribution in [-0.2, 0) is 6.42 Å². The van der Waals surface area contributed by atoms with Crippen LogP contribution in [0.15, 0.2) is 35.3 Å². The zero-order valence-electron chi connectivity index (χ0n) is 10.7. The van der Waals surface area contributed by atoms with Crippen LogP contribution in [0.3, 0.4) is 0 Å². The van der Waals surface area contributed by atoms with Crippen LogP contribution in [0.2, 0.25) is 0 Å². The number of hydrogen-bond acceptors (Lipinski definition) is 2. The van der Waals surface area contributed by atoms with E-state index in [-0.39, 0.29) is 17.5 Å². The second-order valence-corrected chi connectivity index (χ2v) is 4.53. The quantitative estimate of drug-likeness (QED) is 0.779. The third-order valence-corrected chi connectivity index (χ3v) is 3.24. The Labute approximate surface area is 112 Å². The number of aromatic amines is 1. The van der Waals surface area contributed by atoms with Crippen molar-refractivity contribution in [2.75, 3.05) is 0 Å². The van der Waals surface area contributed by atoms with E-state index in [1.807, 2.05) is 0 Å². The monoisotopic (exact) mass is 275 g/mol. The van der Waals surface area contributed by atoms with Gasteiger partial charge < -0.3 is 0 Å². The molecule has 0 spiro atoms. The summed E-state index contributed by atoms with van der Waals surface area (Å²) >= 11 is 0. The molecule has 1 aromatic carbocycles. The van der Waals surface area contributed by atoms with Crippen molar-refractivity contribution >= 4 is 5.65 Å². The molecule has 6 heteroatoms. The lowest BCUT2D eigenvalue weighted by Gasteiger charge is -2.07. The van der Waals surface area contributed by atoms with Gasteiger partial charge in [-0.15, -0.1) is 0 Å². The van der Waals surface area contributed by atoms with E-state index >= 15 is 0 Å². The molecule has 102 valence electrons. The van der Waals surface area contributed by atoms with Crippen molar-refractivity contribution in [2.24, 2.45) is 0 Å². The molecule has 3 aromatic rings. The van der Waals surface area contributed by atoms with Gasteiger partial charge in [-0.25, -0.2) is 18.3 Å². The lowest BCUT2D eigenvalue weighted by atomic mass is 10.0. The van der Waals surface area contributed by atoms with Crippen LogP contribution in [-0.4, -0.2) is 14.6 Å². The lowest BCUT2D eigenvalue weighted by Crippen LogP contribution is -2.22. The Morgan fingerprint density at radius 2 is 2.10 bits per heavy atom. The van der Waals surface area contributed by atoms with Gasteiger partial charge in [0.25, 0.3) is 5.56 Å². The van der Waals surface area contributed by atoms with E-state index in [0.29, 0.717) is 16.9 Å². The van der Waals surface area contributed by atoms with Gasteiger partial charge >= 0.3 is 0 Å². The number of halogens is 2. The third-order valence-electron chi connectivity index (χ3n) is 3.24. The van der Waals surface area contributed by atoms with Crippen molar-refractivity contribution in [3.05, 3.63) is 69.3 Å². The van der Waals surface area contributed by atoms with E-state index in [4.69, 9.17) is 0 Å². The molecule has 0 saturated heterocycles. The van der Waals surface area contributed by atoms with Gasteiger partial charge in [0, 0.05) is 29.9 Å². The standard InChI is InChI=1S/C14H11F2N3O/c1-8-10(7-9-3-2-4-11(15)13(9)16)14(20)19-12(18-8)5-6-17-19/h2-6,17H,7H2,1H3. The molecule has 0 bridgehead atoms. The molecule has 0 radical (unpaired) electrons. The first-order valence-corrected chi connectivity index (χ1v) is 6.06. The number of rotatable bonds is 2. The number of H-pyrrole nitrogens is 1.